The first kappa shape index (κ1) is 25.8. The number of nitrogens with one attached hydrogen (secondary N) is 1. The lowest BCUT2D eigenvalue weighted by molar-refractivity contribution is 0.0598. The summed E-state index contributed by atoms with van der Waals surface area (Å²) in [4.78, 5) is 22.0. The van der Waals surface area contributed by atoms with Crippen LogP contribution in [-0.2, 0) is 25.0 Å². The molecule has 0 aromatic heterocycles. The highest BCUT2D eigenvalue weighted by Gasteiger charge is 2.29. The lowest BCUT2D eigenvalue weighted by Crippen LogP contribution is -2.17. The van der Waals surface area contributed by atoms with Crippen LogP contribution < -0.4 is 11.1 Å². The van der Waals surface area contributed by atoms with Crippen molar-refractivity contribution in [3.8, 4) is 22.5 Å². The number of benzene rings is 3. The Morgan fingerprint density at radius 2 is 1.62 bits per heavy atom. The second-order valence-electron chi connectivity index (χ2n) is 7.62. The Hall–Kier alpha value is -4.31. The number of nitrogens with two attached hydrogens (primary N) is 1. The predicted molar refractivity (Wildman–Crippen MR) is 123 cm³/mol. The Morgan fingerprint density at radius 3 is 2.19 bits per heavy atom. The van der Waals surface area contributed by atoms with Crippen LogP contribution in [0.5, 0.6) is 0 Å². The molecular weight excluding hydrogens is 532 g/mol. The van der Waals surface area contributed by atoms with Crippen molar-refractivity contribution >= 4 is 48.8 Å². The van der Waals surface area contributed by atoms with Crippen molar-refractivity contribution < 1.29 is 49.8 Å². The van der Waals surface area contributed by atoms with Gasteiger partial charge in [-0.25, -0.2) is 26.4 Å². The maximum absolute atomic E-state index is 12.2. The summed E-state index contributed by atoms with van der Waals surface area (Å²) in [7, 11) is -9.71. The minimum absolute atomic E-state index is 0.134. The van der Waals surface area contributed by atoms with Gasteiger partial charge in [-0.2, -0.15) is 0 Å². The Kier molecular flexibility index (Phi) is 6.04. The number of nitrogen functional groups attached to an aromatic ring is 1. The number of carboxylic acid groups (broad SMARTS) is 1. The Bertz CT molecular complexity index is 1890. The molecule has 0 saturated heterocycles. The minimum atomic E-state index is -5.42. The van der Waals surface area contributed by atoms with E-state index in [1.807, 2.05) is 0 Å². The third kappa shape index (κ3) is 4.29. The van der Waals surface area contributed by atoms with E-state index in [9.17, 15) is 40.6 Å². The van der Waals surface area contributed by atoms with Crippen LogP contribution in [-0.4, -0.2) is 50.1 Å². The van der Waals surface area contributed by atoms with Crippen LogP contribution in [0.4, 0.5) is 5.69 Å². The lowest BCUT2D eigenvalue weighted by Gasteiger charge is -2.22. The maximum atomic E-state index is 12.2. The van der Waals surface area contributed by atoms with Gasteiger partial charge >= 0.3 is 11.9 Å². The lowest BCUT2D eigenvalue weighted by atomic mass is 9.89. The molecule has 192 valence electrons. The van der Waals surface area contributed by atoms with Crippen LogP contribution in [0.2, 0.25) is 0 Å². The van der Waals surface area contributed by atoms with Crippen LogP contribution in [0.25, 0.3) is 33.4 Å². The molecule has 0 radical (unpaired) electrons. The molecule has 0 bridgehead atoms. The number of fused-ring (bicyclic) bond motifs is 2. The van der Waals surface area contributed by atoms with E-state index >= 15 is 0 Å². The first-order valence-electron chi connectivity index (χ1n) is 9.91. The molecule has 0 unspecified atom stereocenters. The van der Waals surface area contributed by atoms with Crippen molar-refractivity contribution in [2.75, 3.05) is 12.8 Å². The molecule has 0 fully saturated rings. The SMILES string of the molecule is COC(=O)c1ccc(C(=O)O)c(-c2c3ccc(=N)c(S(=O)(=O)[O-])c-3oc3c(S(=O)(=O)[O-])c(N)ccc23)c1. The van der Waals surface area contributed by atoms with Crippen LogP contribution in [0.15, 0.2) is 56.7 Å². The molecule has 2 aromatic carbocycles. The van der Waals surface area contributed by atoms with E-state index in [0.717, 1.165) is 43.5 Å². The van der Waals surface area contributed by atoms with E-state index in [4.69, 9.17) is 15.6 Å². The fourth-order valence-corrected chi connectivity index (χ4v) is 5.41. The summed E-state index contributed by atoms with van der Waals surface area (Å²) in [6.45, 7) is 0. The third-order valence-corrected chi connectivity index (χ3v) is 7.26. The number of rotatable bonds is 5. The van der Waals surface area contributed by atoms with Crippen molar-refractivity contribution in [2.45, 2.75) is 9.79 Å². The molecular formula is C22H14N2O11S2-2. The van der Waals surface area contributed by atoms with Crippen molar-refractivity contribution in [1.82, 2.24) is 0 Å². The number of aromatic carboxylic acids is 1. The number of anilines is 1. The van der Waals surface area contributed by atoms with Crippen molar-refractivity contribution in [2.24, 2.45) is 0 Å². The topological polar surface area (TPSA) is 241 Å². The van der Waals surface area contributed by atoms with Gasteiger partial charge in [0, 0.05) is 16.5 Å². The molecule has 0 saturated carbocycles. The van der Waals surface area contributed by atoms with Crippen molar-refractivity contribution in [1.29, 1.82) is 5.41 Å². The highest BCUT2D eigenvalue weighted by atomic mass is 32.2. The Balaban J connectivity index is 2.39. The molecule has 2 aromatic rings. The van der Waals surface area contributed by atoms with E-state index in [-0.39, 0.29) is 27.6 Å². The molecule has 15 heteroatoms. The third-order valence-electron chi connectivity index (χ3n) is 5.44. The second-order valence-corrected chi connectivity index (χ2v) is 10.3. The number of carbonyl (C=O) groups is 2. The first-order valence-corrected chi connectivity index (χ1v) is 12.7. The van der Waals surface area contributed by atoms with E-state index in [1.165, 1.54) is 6.07 Å². The number of ether oxygens (including phenoxy) is 1. The molecule has 1 aliphatic heterocycles. The number of hydrogen-bond donors (Lipinski definition) is 3. The van der Waals surface area contributed by atoms with E-state index < -0.39 is 69.9 Å². The molecule has 1 aliphatic carbocycles. The highest BCUT2D eigenvalue weighted by Crippen LogP contribution is 2.45. The summed E-state index contributed by atoms with van der Waals surface area (Å²) in [5.74, 6) is -3.18. The quantitative estimate of drug-likeness (QED) is 0.140. The van der Waals surface area contributed by atoms with Crippen molar-refractivity contribution in [3.63, 3.8) is 0 Å². The van der Waals surface area contributed by atoms with Gasteiger partial charge in [-0.3, -0.25) is 5.41 Å². The highest BCUT2D eigenvalue weighted by molar-refractivity contribution is 7.86. The molecule has 37 heavy (non-hydrogen) atoms. The zero-order chi connectivity index (χ0) is 27.4. The Labute approximate surface area is 208 Å². The minimum Gasteiger partial charge on any atom is -0.744 e. The second kappa shape index (κ2) is 8.67. The van der Waals surface area contributed by atoms with Gasteiger partial charge in [0.2, 0.25) is 0 Å². The smallest absolute Gasteiger partial charge is 0.337 e. The van der Waals surface area contributed by atoms with Gasteiger partial charge in [0.25, 0.3) is 0 Å². The van der Waals surface area contributed by atoms with Gasteiger partial charge in [-0.1, -0.05) is 0 Å². The molecule has 2 aliphatic rings. The summed E-state index contributed by atoms with van der Waals surface area (Å²) < 4.78 is 82.6. The number of hydrogen-bond acceptors (Lipinski definition) is 12. The van der Waals surface area contributed by atoms with Crippen LogP contribution in [0.3, 0.4) is 0 Å². The predicted octanol–water partition coefficient (Wildman–Crippen LogP) is 1.56. The maximum Gasteiger partial charge on any atom is 0.337 e. The van der Waals surface area contributed by atoms with Crippen LogP contribution >= 0.6 is 0 Å². The van der Waals surface area contributed by atoms with Gasteiger partial charge in [-0.15, -0.1) is 0 Å². The molecule has 1 heterocycles. The summed E-state index contributed by atoms with van der Waals surface area (Å²) in [6, 6.07) is 7.59. The summed E-state index contributed by atoms with van der Waals surface area (Å²) in [5, 5.41) is 16.7. The average Bonchev–Trinajstić information content (AvgIpc) is 2.79. The average molecular weight is 546 g/mol. The number of carbonyl (C=O) groups excluding carboxylic acids is 1. The molecule has 0 amide bonds. The largest absolute Gasteiger partial charge is 0.744 e. The summed E-state index contributed by atoms with van der Waals surface area (Å²) in [5.41, 5.74) is 3.10. The number of carboxylic acids is 1. The summed E-state index contributed by atoms with van der Waals surface area (Å²) >= 11 is 0. The monoisotopic (exact) mass is 546 g/mol. The fourth-order valence-electron chi connectivity index (χ4n) is 3.96. The standard InChI is InChI=1S/C22H16N2O11S2/c1-34-22(27)9-2-3-10(21(25)26)13(8-9)16-11-4-6-14(23)19(36(28,29)30)17(11)35-18-12(16)5-7-15(24)20(18)37(31,32)33/h2-8,23H,24H2,1H3,(H,25,26)(H,28,29,30)(H,31,32,33)/p-2. The number of esters is 1. The summed E-state index contributed by atoms with van der Waals surface area (Å²) in [6.07, 6.45) is 0. The van der Waals surface area contributed by atoms with Crippen LogP contribution in [0.1, 0.15) is 20.7 Å². The van der Waals surface area contributed by atoms with E-state index in [2.05, 4.69) is 4.74 Å². The van der Waals surface area contributed by atoms with E-state index in [1.54, 1.807) is 0 Å². The van der Waals surface area contributed by atoms with Crippen molar-refractivity contribution in [3.05, 3.63) is 58.9 Å². The van der Waals surface area contributed by atoms with Gasteiger partial charge in [-0.05, 0) is 48.0 Å². The van der Waals surface area contributed by atoms with E-state index in [0.29, 0.717) is 0 Å². The molecule has 0 atom stereocenters. The van der Waals surface area contributed by atoms with Gasteiger partial charge in [0.15, 0.2) is 11.3 Å². The molecule has 13 nitrogen and oxygen atoms in total. The molecule has 4 N–H and O–H groups in total. The van der Waals surface area contributed by atoms with Gasteiger partial charge in [0.05, 0.1) is 29.3 Å². The zero-order valence-electron chi connectivity index (χ0n) is 18.5. The van der Waals surface area contributed by atoms with Gasteiger partial charge < -0.3 is 29.1 Å². The van der Waals surface area contributed by atoms with Gasteiger partial charge in [0.1, 0.15) is 30.0 Å². The zero-order valence-corrected chi connectivity index (χ0v) is 20.1. The molecule has 0 spiro atoms. The molecule has 4 rings (SSSR count). The number of methoxy groups -OCH3 is 1. The first-order chi connectivity index (χ1) is 17.2. The van der Waals surface area contributed by atoms with Crippen LogP contribution in [0, 0.1) is 5.41 Å². The Morgan fingerprint density at radius 1 is 0.973 bits per heavy atom. The normalized spacial score (nSPS) is 12.1. The fraction of sp³-hybridized carbons (Fsp3) is 0.0455.